The summed E-state index contributed by atoms with van der Waals surface area (Å²) < 4.78 is 71.7. The van der Waals surface area contributed by atoms with Gasteiger partial charge in [-0.1, -0.05) is 0 Å². The van der Waals surface area contributed by atoms with Crippen LogP contribution in [0, 0.1) is 0 Å². The molecule has 3 heterocycles. The van der Waals surface area contributed by atoms with Crippen LogP contribution < -0.4 is 16.0 Å². The Bertz CT molecular complexity index is 1310. The molecule has 0 aromatic carbocycles. The Balaban J connectivity index is 2.10. The van der Waals surface area contributed by atoms with E-state index in [2.05, 4.69) is 30.8 Å². The highest BCUT2D eigenvalue weighted by molar-refractivity contribution is 7.90. The highest BCUT2D eigenvalue weighted by Gasteiger charge is 2.21. The number of rotatable bonds is 7. The highest BCUT2D eigenvalue weighted by atomic mass is 32.2. The second-order valence-corrected chi connectivity index (χ2v) is 8.07. The van der Waals surface area contributed by atoms with Crippen LogP contribution >= 0.6 is 0 Å². The summed E-state index contributed by atoms with van der Waals surface area (Å²) >= 11 is 0. The summed E-state index contributed by atoms with van der Waals surface area (Å²) in [5.41, 5.74) is -0.996. The molecule has 0 unspecified atom stereocenters. The van der Waals surface area contributed by atoms with Crippen molar-refractivity contribution >= 4 is 38.8 Å². The first-order valence-electron chi connectivity index (χ1n) is 9.96. The van der Waals surface area contributed by atoms with Gasteiger partial charge in [-0.2, -0.15) is 5.10 Å². The molecule has 0 saturated carbocycles. The second kappa shape index (κ2) is 8.95. The number of carbonyl (C=O) groups excluding carboxylic acids is 1. The summed E-state index contributed by atoms with van der Waals surface area (Å²) in [6, 6.07) is 5.04. The zero-order valence-electron chi connectivity index (χ0n) is 18.8. The molecule has 0 aliphatic rings. The van der Waals surface area contributed by atoms with Gasteiger partial charge in [0.2, 0.25) is 0 Å². The minimum atomic E-state index is -3.76. The average molecular weight is 452 g/mol. The van der Waals surface area contributed by atoms with E-state index in [-0.39, 0.29) is 33.5 Å². The summed E-state index contributed by atoms with van der Waals surface area (Å²) in [6.45, 7) is -2.85. The molecule has 0 fully saturated rings. The molecule has 0 spiro atoms. The van der Waals surface area contributed by atoms with Crippen LogP contribution in [0.3, 0.4) is 0 Å². The molecule has 3 aromatic heterocycles. The Morgan fingerprint density at radius 3 is 2.61 bits per heavy atom. The molecule has 162 valence electrons. The van der Waals surface area contributed by atoms with Crippen molar-refractivity contribution in [2.24, 2.45) is 0 Å². The van der Waals surface area contributed by atoms with E-state index in [1.807, 2.05) is 0 Å². The lowest BCUT2D eigenvalue weighted by Crippen LogP contribution is -2.22. The van der Waals surface area contributed by atoms with Crippen LogP contribution in [-0.2, 0) is 9.84 Å². The van der Waals surface area contributed by atoms with Gasteiger partial charge >= 0.3 is 0 Å². The Morgan fingerprint density at radius 1 is 1.16 bits per heavy atom. The Hall–Kier alpha value is -3.74. The van der Waals surface area contributed by atoms with Crippen LogP contribution in [0.5, 0.6) is 0 Å². The maximum atomic E-state index is 12.8. The number of aromatic nitrogens is 4. The van der Waals surface area contributed by atoms with Gasteiger partial charge in [0.15, 0.2) is 15.5 Å². The highest BCUT2D eigenvalue weighted by Crippen LogP contribution is 2.31. The minimum absolute atomic E-state index is 0.00749. The summed E-state index contributed by atoms with van der Waals surface area (Å²) in [5, 5.41) is 14.6. The molecule has 0 aliphatic heterocycles. The van der Waals surface area contributed by atoms with Gasteiger partial charge in [-0.05, 0) is 24.3 Å². The van der Waals surface area contributed by atoms with Gasteiger partial charge in [-0.3, -0.25) is 4.79 Å². The largest absolute Gasteiger partial charge is 0.354 e. The molecule has 3 aromatic rings. The number of halogens is 2. The first kappa shape index (κ1) is 18.1. The maximum Gasteiger partial charge on any atom is 0.273 e. The molecule has 0 bridgehead atoms. The number of carbonyl (C=O) groups is 1. The monoisotopic (exact) mass is 452 g/mol. The fourth-order valence-corrected chi connectivity index (χ4v) is 3.25. The molecular weight excluding hydrogens is 432 g/mol. The molecule has 10 nitrogen and oxygen atoms in total. The predicted molar refractivity (Wildman–Crippen MR) is 109 cm³/mol. The van der Waals surface area contributed by atoms with Gasteiger partial charge in [-0.25, -0.2) is 27.2 Å². The molecular formula is C18H17F2N7O3S. The molecule has 31 heavy (non-hydrogen) atoms. The van der Waals surface area contributed by atoms with Gasteiger partial charge in [0.05, 0.1) is 17.6 Å². The number of anilines is 4. The molecule has 3 rings (SSSR count). The SMILES string of the molecule is [2H]C([2H])([2H])NC(=O)c1nncc(Nc2ccc(C(F)F)cn2)c1Nc1ncccc1S(C)(=O)=O. The van der Waals surface area contributed by atoms with Crippen LogP contribution in [0.2, 0.25) is 0 Å². The van der Waals surface area contributed by atoms with Crippen LogP contribution in [-0.4, -0.2) is 47.7 Å². The Labute approximate surface area is 180 Å². The zero-order chi connectivity index (χ0) is 25.1. The van der Waals surface area contributed by atoms with E-state index in [0.717, 1.165) is 24.7 Å². The van der Waals surface area contributed by atoms with Crippen LogP contribution in [0.15, 0.2) is 47.8 Å². The van der Waals surface area contributed by atoms with Crippen LogP contribution in [0.1, 0.15) is 26.6 Å². The van der Waals surface area contributed by atoms with E-state index >= 15 is 0 Å². The van der Waals surface area contributed by atoms with Crippen LogP contribution in [0.25, 0.3) is 0 Å². The van der Waals surface area contributed by atoms with Crippen molar-refractivity contribution in [3.05, 3.63) is 54.1 Å². The fraction of sp³-hybridized carbons (Fsp3) is 0.167. The number of sulfone groups is 1. The third-order valence-corrected chi connectivity index (χ3v) is 5.02. The molecule has 0 aliphatic carbocycles. The molecule has 0 radical (unpaired) electrons. The van der Waals surface area contributed by atoms with Gasteiger partial charge in [0, 0.05) is 35.3 Å². The Kier molecular flexibility index (Phi) is 5.22. The fourth-order valence-electron chi connectivity index (χ4n) is 2.47. The van der Waals surface area contributed by atoms with Gasteiger partial charge < -0.3 is 16.0 Å². The van der Waals surface area contributed by atoms with Crippen LogP contribution in [0.4, 0.5) is 31.8 Å². The smallest absolute Gasteiger partial charge is 0.273 e. The molecule has 3 N–H and O–H groups in total. The number of hydrogen-bond donors (Lipinski definition) is 3. The number of pyridine rings is 2. The zero-order valence-corrected chi connectivity index (χ0v) is 16.6. The first-order chi connectivity index (χ1) is 15.8. The van der Waals surface area contributed by atoms with Crippen molar-refractivity contribution in [3.8, 4) is 0 Å². The van der Waals surface area contributed by atoms with Crippen molar-refractivity contribution in [2.45, 2.75) is 11.3 Å². The van der Waals surface area contributed by atoms with Gasteiger partial charge in [-0.15, -0.1) is 5.10 Å². The van der Waals surface area contributed by atoms with Crippen molar-refractivity contribution in [1.82, 2.24) is 25.5 Å². The van der Waals surface area contributed by atoms with Gasteiger partial charge in [0.25, 0.3) is 12.3 Å². The van der Waals surface area contributed by atoms with E-state index < -0.39 is 34.8 Å². The maximum absolute atomic E-state index is 12.8. The van der Waals surface area contributed by atoms with Crippen molar-refractivity contribution < 1.29 is 26.1 Å². The number of nitrogens with one attached hydrogen (secondary N) is 3. The predicted octanol–water partition coefficient (Wildman–Crippen LogP) is 2.45. The standard InChI is InChI=1S/C18H17F2N7O3S/c1-21-18(28)15-14(26-17-12(31(2,29)30)4-3-7-22-17)11(9-24-27-15)25-13-6-5-10(8-23-13)16(19)20/h3-9,16H,1-2H3,(H,21,28)(H,22,24,26)(H,23,25,27)/i1D3. The molecule has 0 atom stereocenters. The summed E-state index contributed by atoms with van der Waals surface area (Å²) in [7, 11) is -3.76. The topological polar surface area (TPSA) is 139 Å². The third-order valence-electron chi connectivity index (χ3n) is 3.89. The van der Waals surface area contributed by atoms with Crippen molar-refractivity contribution in [1.29, 1.82) is 0 Å². The normalized spacial score (nSPS) is 13.1. The van der Waals surface area contributed by atoms with Crippen molar-refractivity contribution in [2.75, 3.05) is 23.9 Å². The van der Waals surface area contributed by atoms with E-state index in [9.17, 15) is 22.0 Å². The lowest BCUT2D eigenvalue weighted by Gasteiger charge is -2.16. The second-order valence-electron chi connectivity index (χ2n) is 6.09. The lowest BCUT2D eigenvalue weighted by atomic mass is 10.2. The summed E-state index contributed by atoms with van der Waals surface area (Å²) in [4.78, 5) is 20.2. The summed E-state index contributed by atoms with van der Waals surface area (Å²) in [5.74, 6) is -1.24. The molecule has 1 amide bonds. The van der Waals surface area contributed by atoms with Crippen molar-refractivity contribution in [3.63, 3.8) is 0 Å². The number of alkyl halides is 2. The molecule has 13 heteroatoms. The first-order valence-corrected chi connectivity index (χ1v) is 10.4. The third kappa shape index (κ3) is 5.06. The Morgan fingerprint density at radius 2 is 1.97 bits per heavy atom. The van der Waals surface area contributed by atoms with E-state index in [1.54, 1.807) is 5.32 Å². The van der Waals surface area contributed by atoms with Gasteiger partial charge in [0.1, 0.15) is 16.5 Å². The number of amides is 1. The average Bonchev–Trinajstić information content (AvgIpc) is 2.73. The quantitative estimate of drug-likeness (QED) is 0.493. The van der Waals surface area contributed by atoms with E-state index in [4.69, 9.17) is 4.11 Å². The lowest BCUT2D eigenvalue weighted by molar-refractivity contribution is 0.0958. The number of nitrogens with zero attached hydrogens (tertiary/aromatic N) is 4. The minimum Gasteiger partial charge on any atom is -0.354 e. The van der Waals surface area contributed by atoms with E-state index in [0.29, 0.717) is 0 Å². The van der Waals surface area contributed by atoms with E-state index in [1.165, 1.54) is 24.4 Å². The molecule has 0 saturated heterocycles. The number of hydrogen-bond acceptors (Lipinski definition) is 9. The summed E-state index contributed by atoms with van der Waals surface area (Å²) in [6.07, 6.45) is 1.61.